The van der Waals surface area contributed by atoms with Crippen molar-refractivity contribution in [2.45, 2.75) is 50.0 Å². The van der Waals surface area contributed by atoms with Crippen LogP contribution >= 0.6 is 0 Å². The first kappa shape index (κ1) is 19.4. The number of ether oxygens (including phenoxy) is 1. The highest BCUT2D eigenvalue weighted by Gasteiger charge is 2.57. The molecule has 0 amide bonds. The summed E-state index contributed by atoms with van der Waals surface area (Å²) in [4.78, 5) is 1.44. The summed E-state index contributed by atoms with van der Waals surface area (Å²) in [5.74, 6) is -8.43. The zero-order valence-electron chi connectivity index (χ0n) is 11.8. The van der Waals surface area contributed by atoms with Gasteiger partial charge in [-0.2, -0.15) is 13.2 Å². The molecule has 1 fully saturated rings. The first-order valence-corrected chi connectivity index (χ1v) is 6.66. The lowest BCUT2D eigenvalue weighted by Crippen LogP contribution is -2.49. The van der Waals surface area contributed by atoms with Crippen molar-refractivity contribution in [2.75, 3.05) is 26.3 Å². The monoisotopic (exact) mass is 343 g/mol. The number of rotatable bonds is 7. The maximum Gasteiger partial charge on any atom is 0.425 e. The van der Waals surface area contributed by atoms with E-state index in [9.17, 15) is 35.1 Å². The van der Waals surface area contributed by atoms with E-state index in [0.29, 0.717) is 13.1 Å². The lowest BCUT2D eigenvalue weighted by atomic mass is 10.1. The van der Waals surface area contributed by atoms with Gasteiger partial charge in [-0.1, -0.05) is 0 Å². The average molecular weight is 343 g/mol. The van der Waals surface area contributed by atoms with E-state index in [1.165, 1.54) is 11.8 Å². The van der Waals surface area contributed by atoms with Crippen molar-refractivity contribution >= 4 is 0 Å². The van der Waals surface area contributed by atoms with Gasteiger partial charge in [-0.15, -0.1) is 0 Å². The Hall–Kier alpha value is -0.640. The van der Waals surface area contributed by atoms with Gasteiger partial charge in [-0.25, -0.2) is 22.0 Å². The molecule has 1 saturated heterocycles. The summed E-state index contributed by atoms with van der Waals surface area (Å²) >= 11 is 0. The Morgan fingerprint density at radius 1 is 0.909 bits per heavy atom. The predicted molar refractivity (Wildman–Crippen MR) is 61.9 cm³/mol. The highest BCUT2D eigenvalue weighted by atomic mass is 19.4. The number of hydrogen-bond acceptors (Lipinski definition) is 2. The topological polar surface area (TPSA) is 12.5 Å². The fourth-order valence-corrected chi connectivity index (χ4v) is 2.15. The van der Waals surface area contributed by atoms with Crippen LogP contribution in [0.1, 0.15) is 19.8 Å². The Morgan fingerprint density at radius 3 is 1.82 bits per heavy atom. The Kier molecular flexibility index (Phi) is 6.05. The smallest absolute Gasteiger partial charge is 0.369 e. The largest absolute Gasteiger partial charge is 0.425 e. The quantitative estimate of drug-likeness (QED) is 0.654. The van der Waals surface area contributed by atoms with Crippen LogP contribution in [0, 0.1) is 0 Å². The van der Waals surface area contributed by atoms with Gasteiger partial charge < -0.3 is 4.74 Å². The third-order valence-electron chi connectivity index (χ3n) is 3.55. The van der Waals surface area contributed by atoms with E-state index < -0.39 is 43.4 Å². The van der Waals surface area contributed by atoms with Crippen molar-refractivity contribution in [1.29, 1.82) is 0 Å². The van der Waals surface area contributed by atoms with Crippen molar-refractivity contribution in [2.24, 2.45) is 0 Å². The molecule has 2 unspecified atom stereocenters. The molecule has 2 atom stereocenters. The van der Waals surface area contributed by atoms with Crippen molar-refractivity contribution in [1.82, 2.24) is 4.90 Å². The molecule has 0 radical (unpaired) electrons. The molecule has 0 aromatic carbocycles. The molecule has 22 heavy (non-hydrogen) atoms. The van der Waals surface area contributed by atoms with Crippen LogP contribution in [-0.4, -0.2) is 61.4 Å². The summed E-state index contributed by atoms with van der Waals surface area (Å²) in [5.41, 5.74) is 0. The van der Waals surface area contributed by atoms with E-state index in [1.54, 1.807) is 0 Å². The van der Waals surface area contributed by atoms with Gasteiger partial charge in [0, 0.05) is 0 Å². The van der Waals surface area contributed by atoms with Crippen molar-refractivity contribution in [3.05, 3.63) is 0 Å². The second kappa shape index (κ2) is 6.86. The molecule has 0 aromatic rings. The standard InChI is InChI=1S/C12H17F8NO/c1-8(21-4-2-3-5-21)10(14,15)6-22-7-11(16,17)9(13)12(18,19)20/h8-9H,2-7H2,1H3. The third-order valence-corrected chi connectivity index (χ3v) is 3.55. The molecule has 1 aliphatic heterocycles. The molecule has 0 saturated carbocycles. The van der Waals surface area contributed by atoms with E-state index >= 15 is 0 Å². The Morgan fingerprint density at radius 2 is 1.36 bits per heavy atom. The molecule has 0 aliphatic carbocycles. The fraction of sp³-hybridized carbons (Fsp3) is 1.00. The molecule has 1 aliphatic rings. The second-order valence-electron chi connectivity index (χ2n) is 5.34. The van der Waals surface area contributed by atoms with Gasteiger partial charge in [0.25, 0.3) is 12.1 Å². The van der Waals surface area contributed by atoms with Gasteiger partial charge in [0.2, 0.25) is 0 Å². The average Bonchev–Trinajstić information content (AvgIpc) is 2.88. The summed E-state index contributed by atoms with van der Waals surface area (Å²) in [6.07, 6.45) is -8.77. The predicted octanol–water partition coefficient (Wildman–Crippen LogP) is 3.66. The highest BCUT2D eigenvalue weighted by molar-refractivity contribution is 4.86. The normalized spacial score (nSPS) is 21.1. The van der Waals surface area contributed by atoms with Gasteiger partial charge in [-0.05, 0) is 32.9 Å². The van der Waals surface area contributed by atoms with E-state index in [0.717, 1.165) is 12.8 Å². The number of hydrogen-bond donors (Lipinski definition) is 0. The number of nitrogens with zero attached hydrogens (tertiary/aromatic N) is 1. The highest BCUT2D eigenvalue weighted by Crippen LogP contribution is 2.35. The molecule has 132 valence electrons. The maximum atomic E-state index is 13.8. The molecule has 1 rings (SSSR count). The van der Waals surface area contributed by atoms with Crippen LogP contribution in [-0.2, 0) is 4.74 Å². The van der Waals surface area contributed by atoms with E-state index in [4.69, 9.17) is 0 Å². The lowest BCUT2D eigenvalue weighted by Gasteiger charge is -2.31. The van der Waals surface area contributed by atoms with Crippen molar-refractivity contribution < 1.29 is 39.9 Å². The number of halogens is 8. The molecular formula is C12H17F8NO. The van der Waals surface area contributed by atoms with E-state index in [1.807, 2.05) is 0 Å². The fourth-order valence-electron chi connectivity index (χ4n) is 2.15. The van der Waals surface area contributed by atoms with E-state index in [-0.39, 0.29) is 0 Å². The molecule has 0 aromatic heterocycles. The van der Waals surface area contributed by atoms with Gasteiger partial charge in [0.15, 0.2) is 0 Å². The summed E-state index contributed by atoms with van der Waals surface area (Å²) < 4.78 is 106. The minimum absolute atomic E-state index is 0.424. The Bertz CT molecular complexity index is 354. The Balaban J connectivity index is 2.50. The molecule has 0 bridgehead atoms. The first-order valence-electron chi connectivity index (χ1n) is 6.66. The molecule has 10 heteroatoms. The van der Waals surface area contributed by atoms with Crippen molar-refractivity contribution in [3.63, 3.8) is 0 Å². The maximum absolute atomic E-state index is 13.8. The zero-order chi connectivity index (χ0) is 17.2. The third kappa shape index (κ3) is 4.94. The van der Waals surface area contributed by atoms with Gasteiger partial charge in [-0.3, -0.25) is 4.90 Å². The van der Waals surface area contributed by atoms with Crippen LogP contribution in [0.15, 0.2) is 0 Å². The van der Waals surface area contributed by atoms with Crippen LogP contribution in [0.25, 0.3) is 0 Å². The Labute approximate surface area is 122 Å². The van der Waals surface area contributed by atoms with Gasteiger partial charge in [0.1, 0.15) is 13.2 Å². The van der Waals surface area contributed by atoms with Gasteiger partial charge in [0.05, 0.1) is 6.04 Å². The van der Waals surface area contributed by atoms with Gasteiger partial charge >= 0.3 is 12.1 Å². The molecule has 0 N–H and O–H groups in total. The first-order chi connectivity index (χ1) is 9.88. The summed E-state index contributed by atoms with van der Waals surface area (Å²) in [7, 11) is 0. The number of alkyl halides is 8. The summed E-state index contributed by atoms with van der Waals surface area (Å²) in [5, 5.41) is 0. The molecule has 2 nitrogen and oxygen atoms in total. The van der Waals surface area contributed by atoms with Crippen LogP contribution < -0.4 is 0 Å². The van der Waals surface area contributed by atoms with Crippen molar-refractivity contribution in [3.8, 4) is 0 Å². The molecule has 0 spiro atoms. The van der Waals surface area contributed by atoms with Crippen LogP contribution in [0.2, 0.25) is 0 Å². The second-order valence-corrected chi connectivity index (χ2v) is 5.34. The summed E-state index contributed by atoms with van der Waals surface area (Å²) in [6.45, 7) is -1.53. The minimum atomic E-state index is -5.78. The van der Waals surface area contributed by atoms with E-state index in [2.05, 4.69) is 4.74 Å². The number of likely N-dealkylation sites (tertiary alicyclic amines) is 1. The zero-order valence-corrected chi connectivity index (χ0v) is 11.8. The SMILES string of the molecule is CC(N1CCCC1)C(F)(F)COCC(F)(F)C(F)C(F)(F)F. The van der Waals surface area contributed by atoms with Crippen LogP contribution in [0.3, 0.4) is 0 Å². The summed E-state index contributed by atoms with van der Waals surface area (Å²) in [6, 6.07) is -1.30. The van der Waals surface area contributed by atoms with Crippen LogP contribution in [0.5, 0.6) is 0 Å². The minimum Gasteiger partial charge on any atom is -0.369 e. The lowest BCUT2D eigenvalue weighted by molar-refractivity contribution is -0.259. The van der Waals surface area contributed by atoms with Crippen LogP contribution in [0.4, 0.5) is 35.1 Å². The molecule has 1 heterocycles. The molecular weight excluding hydrogens is 326 g/mol.